The van der Waals surface area contributed by atoms with Crippen LogP contribution in [0.2, 0.25) is 0 Å². The number of anilines is 1. The van der Waals surface area contributed by atoms with Gasteiger partial charge in [-0.05, 0) is 55.3 Å². The second-order valence-electron chi connectivity index (χ2n) is 8.47. The van der Waals surface area contributed by atoms with Crippen LogP contribution in [0.3, 0.4) is 0 Å². The van der Waals surface area contributed by atoms with Crippen molar-refractivity contribution in [2.45, 2.75) is 32.5 Å². The lowest BCUT2D eigenvalue weighted by atomic mass is 10.2. The van der Waals surface area contributed by atoms with Crippen LogP contribution in [0.15, 0.2) is 53.2 Å². The molecule has 0 saturated carbocycles. The number of halogens is 1. The Bertz CT molecular complexity index is 1140. The second-order valence-corrected chi connectivity index (χ2v) is 8.47. The van der Waals surface area contributed by atoms with E-state index in [4.69, 9.17) is 18.7 Å². The molecule has 10 heteroatoms. The number of carbonyl (C=O) groups excluding carboxylic acids is 1. The standard InChI is InChI=1S/C25H28FN3O6/c1-16-3-8-22(28-25(31)34-24-12-27-35-17(24)2)23(11-16)32-15-19(30)13-29-10-9-21(14-29)33-20-6-4-18(26)5-7-20/h3-8,11-12,19,21,30H,9-10,13-15H2,1-2H3,(H,28,31). The van der Waals surface area contributed by atoms with Gasteiger partial charge in [0, 0.05) is 26.6 Å². The third-order valence-electron chi connectivity index (χ3n) is 5.53. The summed E-state index contributed by atoms with van der Waals surface area (Å²) in [5.74, 6) is 1.35. The van der Waals surface area contributed by atoms with Gasteiger partial charge in [-0.15, -0.1) is 0 Å². The van der Waals surface area contributed by atoms with E-state index in [0.717, 1.165) is 18.5 Å². The molecule has 0 radical (unpaired) electrons. The summed E-state index contributed by atoms with van der Waals surface area (Å²) in [4.78, 5) is 14.4. The Hall–Kier alpha value is -3.63. The lowest BCUT2D eigenvalue weighted by molar-refractivity contribution is 0.0722. The number of nitrogens with one attached hydrogen (secondary N) is 1. The lowest BCUT2D eigenvalue weighted by Gasteiger charge is -2.21. The summed E-state index contributed by atoms with van der Waals surface area (Å²) in [7, 11) is 0. The van der Waals surface area contributed by atoms with E-state index < -0.39 is 12.2 Å². The van der Waals surface area contributed by atoms with Gasteiger partial charge in [-0.3, -0.25) is 10.2 Å². The van der Waals surface area contributed by atoms with Gasteiger partial charge in [0.1, 0.15) is 42.3 Å². The van der Waals surface area contributed by atoms with Crippen molar-refractivity contribution in [1.82, 2.24) is 10.1 Å². The summed E-state index contributed by atoms with van der Waals surface area (Å²) < 4.78 is 34.9. The molecular weight excluding hydrogens is 457 g/mol. The maximum Gasteiger partial charge on any atom is 0.417 e. The van der Waals surface area contributed by atoms with Crippen molar-refractivity contribution in [3.63, 3.8) is 0 Å². The molecule has 2 unspecified atom stereocenters. The number of hydrogen-bond acceptors (Lipinski definition) is 8. The molecule has 2 N–H and O–H groups in total. The molecule has 9 nitrogen and oxygen atoms in total. The first-order chi connectivity index (χ1) is 16.9. The number of aliphatic hydroxyl groups is 1. The first-order valence-electron chi connectivity index (χ1n) is 11.3. The highest BCUT2D eigenvalue weighted by molar-refractivity contribution is 5.88. The summed E-state index contributed by atoms with van der Waals surface area (Å²) in [6, 6.07) is 11.3. The minimum Gasteiger partial charge on any atom is -0.489 e. The monoisotopic (exact) mass is 485 g/mol. The van der Waals surface area contributed by atoms with Crippen LogP contribution in [0.25, 0.3) is 0 Å². The molecule has 1 fully saturated rings. The molecule has 2 aromatic carbocycles. The quantitative estimate of drug-likeness (QED) is 0.470. The van der Waals surface area contributed by atoms with Crippen molar-refractivity contribution in [2.75, 3.05) is 31.6 Å². The molecule has 1 aliphatic rings. The van der Waals surface area contributed by atoms with Crippen LogP contribution >= 0.6 is 0 Å². The minimum absolute atomic E-state index is 0.0266. The topological polar surface area (TPSA) is 106 Å². The Morgan fingerprint density at radius 2 is 2.06 bits per heavy atom. The minimum atomic E-state index is -0.750. The number of β-amino-alcohol motifs (C(OH)–C–C–N with tert-alkyl or cyclic N) is 1. The molecule has 2 atom stereocenters. The van der Waals surface area contributed by atoms with Crippen LogP contribution in [0.1, 0.15) is 17.7 Å². The molecule has 0 aliphatic carbocycles. The van der Waals surface area contributed by atoms with Gasteiger partial charge >= 0.3 is 6.09 Å². The van der Waals surface area contributed by atoms with E-state index in [2.05, 4.69) is 15.4 Å². The lowest BCUT2D eigenvalue weighted by Crippen LogP contribution is -2.35. The normalized spacial score (nSPS) is 16.6. The summed E-state index contributed by atoms with van der Waals surface area (Å²) in [6.07, 6.45) is 0.631. The van der Waals surface area contributed by atoms with Gasteiger partial charge in [0.05, 0.1) is 5.69 Å². The molecule has 2 heterocycles. The predicted octanol–water partition coefficient (Wildman–Crippen LogP) is 3.93. The molecule has 0 spiro atoms. The Labute approximate surface area is 202 Å². The zero-order valence-electron chi connectivity index (χ0n) is 19.6. The molecule has 1 aromatic heterocycles. The van der Waals surface area contributed by atoms with Crippen LogP contribution in [0.4, 0.5) is 14.9 Å². The van der Waals surface area contributed by atoms with Crippen LogP contribution in [-0.2, 0) is 0 Å². The van der Waals surface area contributed by atoms with E-state index in [9.17, 15) is 14.3 Å². The summed E-state index contributed by atoms with van der Waals surface area (Å²) in [5.41, 5.74) is 1.35. The van der Waals surface area contributed by atoms with Crippen molar-refractivity contribution in [1.29, 1.82) is 0 Å². The molecule has 1 aliphatic heterocycles. The fourth-order valence-corrected chi connectivity index (χ4v) is 3.78. The molecule has 1 amide bonds. The summed E-state index contributed by atoms with van der Waals surface area (Å²) in [5, 5.41) is 16.8. The third-order valence-corrected chi connectivity index (χ3v) is 5.53. The number of nitrogens with zero attached hydrogens (tertiary/aromatic N) is 2. The van der Waals surface area contributed by atoms with Crippen molar-refractivity contribution in [3.05, 3.63) is 65.8 Å². The number of aryl methyl sites for hydroxylation is 2. The first kappa shape index (κ1) is 24.5. The second kappa shape index (κ2) is 11.2. The molecule has 1 saturated heterocycles. The van der Waals surface area contributed by atoms with E-state index >= 15 is 0 Å². The van der Waals surface area contributed by atoms with Crippen LogP contribution in [0.5, 0.6) is 17.2 Å². The number of benzene rings is 2. The number of ether oxygens (including phenoxy) is 3. The Morgan fingerprint density at radius 1 is 1.26 bits per heavy atom. The van der Waals surface area contributed by atoms with Gasteiger partial charge in [-0.2, -0.15) is 0 Å². The number of rotatable bonds is 9. The van der Waals surface area contributed by atoms with E-state index in [1.807, 2.05) is 13.0 Å². The SMILES string of the molecule is Cc1ccc(NC(=O)Oc2cnoc2C)c(OCC(O)CN2CCC(Oc3ccc(F)cc3)C2)c1. The van der Waals surface area contributed by atoms with Crippen LogP contribution < -0.4 is 19.5 Å². The largest absolute Gasteiger partial charge is 0.489 e. The average molecular weight is 486 g/mol. The molecule has 0 bridgehead atoms. The van der Waals surface area contributed by atoms with E-state index in [1.165, 1.54) is 18.3 Å². The number of aliphatic hydroxyl groups excluding tert-OH is 1. The maximum absolute atomic E-state index is 13.1. The molecule has 35 heavy (non-hydrogen) atoms. The van der Waals surface area contributed by atoms with Crippen molar-refractivity contribution < 1.29 is 33.0 Å². The zero-order chi connectivity index (χ0) is 24.8. The highest BCUT2D eigenvalue weighted by Gasteiger charge is 2.26. The number of carbonyl (C=O) groups is 1. The van der Waals surface area contributed by atoms with E-state index in [-0.39, 0.29) is 24.3 Å². The summed E-state index contributed by atoms with van der Waals surface area (Å²) >= 11 is 0. The fraction of sp³-hybridized carbons (Fsp3) is 0.360. The van der Waals surface area contributed by atoms with Crippen molar-refractivity contribution >= 4 is 11.8 Å². The highest BCUT2D eigenvalue weighted by Crippen LogP contribution is 2.27. The number of likely N-dealkylation sites (tertiary alicyclic amines) is 1. The van der Waals surface area contributed by atoms with Gasteiger partial charge < -0.3 is 23.8 Å². The Kier molecular flexibility index (Phi) is 7.84. The van der Waals surface area contributed by atoms with Gasteiger partial charge in [0.2, 0.25) is 0 Å². The van der Waals surface area contributed by atoms with Crippen molar-refractivity contribution in [3.8, 4) is 17.2 Å². The van der Waals surface area contributed by atoms with E-state index in [1.54, 1.807) is 31.2 Å². The molecular formula is C25H28FN3O6. The third kappa shape index (κ3) is 6.93. The first-order valence-corrected chi connectivity index (χ1v) is 11.3. The Balaban J connectivity index is 1.26. The van der Waals surface area contributed by atoms with Crippen molar-refractivity contribution in [2.24, 2.45) is 0 Å². The number of hydrogen-bond donors (Lipinski definition) is 2. The zero-order valence-corrected chi connectivity index (χ0v) is 19.6. The Morgan fingerprint density at radius 3 is 2.80 bits per heavy atom. The van der Waals surface area contributed by atoms with Gasteiger partial charge in [-0.25, -0.2) is 9.18 Å². The van der Waals surface area contributed by atoms with Gasteiger partial charge in [-0.1, -0.05) is 11.2 Å². The molecule has 4 rings (SSSR count). The van der Waals surface area contributed by atoms with Gasteiger partial charge in [0.25, 0.3) is 0 Å². The maximum atomic E-state index is 13.1. The summed E-state index contributed by atoms with van der Waals surface area (Å²) in [6.45, 7) is 5.41. The highest BCUT2D eigenvalue weighted by atomic mass is 19.1. The smallest absolute Gasteiger partial charge is 0.417 e. The average Bonchev–Trinajstić information content (AvgIpc) is 3.43. The van der Waals surface area contributed by atoms with Crippen LogP contribution in [0, 0.1) is 19.7 Å². The van der Waals surface area contributed by atoms with Crippen LogP contribution in [-0.4, -0.2) is 59.7 Å². The van der Waals surface area contributed by atoms with Gasteiger partial charge in [0.15, 0.2) is 11.5 Å². The number of aromatic nitrogens is 1. The predicted molar refractivity (Wildman–Crippen MR) is 125 cm³/mol. The van der Waals surface area contributed by atoms with E-state index in [0.29, 0.717) is 36.0 Å². The molecule has 3 aromatic rings. The number of amides is 1. The molecule has 186 valence electrons. The fourth-order valence-electron chi connectivity index (χ4n) is 3.78.